The van der Waals surface area contributed by atoms with Crippen LogP contribution in [0, 0.1) is 12.3 Å². The fraction of sp³-hybridized carbons (Fsp3) is 0.350. The Morgan fingerprint density at radius 1 is 1.23 bits per heavy atom. The number of methoxy groups -OCH3 is 2. The van der Waals surface area contributed by atoms with Gasteiger partial charge in [0.2, 0.25) is 0 Å². The van der Waals surface area contributed by atoms with Crippen molar-refractivity contribution in [2.24, 2.45) is 5.41 Å². The molecule has 134 valence electrons. The van der Waals surface area contributed by atoms with Crippen LogP contribution < -0.4 is 9.47 Å². The van der Waals surface area contributed by atoms with Crippen LogP contribution in [-0.2, 0) is 0 Å². The molecule has 0 unspecified atom stereocenters. The number of nitrogens with one attached hydrogen (secondary N) is 1. The molecule has 2 aromatic heterocycles. The molecule has 1 saturated carbocycles. The number of benzene rings is 1. The molecule has 1 aliphatic carbocycles. The molecule has 26 heavy (non-hydrogen) atoms. The van der Waals surface area contributed by atoms with Crippen LogP contribution in [0.15, 0.2) is 24.5 Å². The lowest BCUT2D eigenvalue weighted by Gasteiger charge is -2.12. The van der Waals surface area contributed by atoms with E-state index in [4.69, 9.17) is 14.5 Å². The van der Waals surface area contributed by atoms with Crippen molar-refractivity contribution in [3.8, 4) is 22.8 Å². The number of hydrogen-bond donors (Lipinski definition) is 1. The van der Waals surface area contributed by atoms with Gasteiger partial charge in [-0.15, -0.1) is 0 Å². The van der Waals surface area contributed by atoms with Crippen LogP contribution in [0.5, 0.6) is 11.5 Å². The van der Waals surface area contributed by atoms with Crippen molar-refractivity contribution >= 4 is 16.9 Å². The number of aromatic amines is 1. The minimum atomic E-state index is -0.243. The second-order valence-electron chi connectivity index (χ2n) is 7.07. The van der Waals surface area contributed by atoms with Crippen LogP contribution in [-0.4, -0.2) is 35.0 Å². The van der Waals surface area contributed by atoms with E-state index in [2.05, 4.69) is 9.97 Å². The van der Waals surface area contributed by atoms with E-state index >= 15 is 0 Å². The first kappa shape index (κ1) is 16.6. The summed E-state index contributed by atoms with van der Waals surface area (Å²) in [5, 5.41) is 0. The monoisotopic (exact) mass is 351 g/mol. The van der Waals surface area contributed by atoms with Gasteiger partial charge in [0, 0.05) is 17.2 Å². The van der Waals surface area contributed by atoms with Crippen molar-refractivity contribution in [2.45, 2.75) is 26.7 Å². The molecule has 1 aromatic carbocycles. The Morgan fingerprint density at radius 3 is 2.65 bits per heavy atom. The van der Waals surface area contributed by atoms with E-state index in [1.165, 1.54) is 0 Å². The maximum Gasteiger partial charge on any atom is 0.172 e. The summed E-state index contributed by atoms with van der Waals surface area (Å²) in [4.78, 5) is 25.0. The molecule has 1 fully saturated rings. The third kappa shape index (κ3) is 2.53. The minimum Gasteiger partial charge on any atom is -0.493 e. The van der Waals surface area contributed by atoms with E-state index < -0.39 is 0 Å². The number of ether oxygens (including phenoxy) is 2. The van der Waals surface area contributed by atoms with Gasteiger partial charge in [0.25, 0.3) is 0 Å². The lowest BCUT2D eigenvalue weighted by Crippen LogP contribution is -2.11. The lowest BCUT2D eigenvalue weighted by atomic mass is 9.98. The van der Waals surface area contributed by atoms with Gasteiger partial charge in [0.05, 0.1) is 31.7 Å². The highest BCUT2D eigenvalue weighted by Crippen LogP contribution is 2.48. The van der Waals surface area contributed by atoms with Crippen LogP contribution in [0.1, 0.15) is 35.7 Å². The summed E-state index contributed by atoms with van der Waals surface area (Å²) in [5.74, 6) is 1.48. The van der Waals surface area contributed by atoms with Crippen molar-refractivity contribution in [1.82, 2.24) is 15.0 Å². The second kappa shape index (κ2) is 5.83. The molecule has 0 bridgehead atoms. The quantitative estimate of drug-likeness (QED) is 0.705. The van der Waals surface area contributed by atoms with Crippen LogP contribution >= 0.6 is 0 Å². The maximum absolute atomic E-state index is 12.8. The number of ketones is 1. The fourth-order valence-corrected chi connectivity index (χ4v) is 3.25. The molecule has 0 saturated heterocycles. The van der Waals surface area contributed by atoms with E-state index in [0.717, 1.165) is 24.0 Å². The molecule has 1 N–H and O–H groups in total. The van der Waals surface area contributed by atoms with Gasteiger partial charge in [-0.2, -0.15) is 0 Å². The molecule has 3 aromatic rings. The van der Waals surface area contributed by atoms with Gasteiger partial charge in [-0.3, -0.25) is 4.79 Å². The van der Waals surface area contributed by atoms with E-state index in [-0.39, 0.29) is 11.2 Å². The van der Waals surface area contributed by atoms with Gasteiger partial charge in [-0.05, 0) is 37.5 Å². The third-order valence-corrected chi connectivity index (χ3v) is 5.13. The summed E-state index contributed by atoms with van der Waals surface area (Å²) in [5.41, 5.74) is 4.12. The smallest absolute Gasteiger partial charge is 0.172 e. The number of aromatic nitrogens is 3. The Hall–Kier alpha value is -2.89. The molecule has 2 heterocycles. The van der Waals surface area contributed by atoms with E-state index in [0.29, 0.717) is 33.9 Å². The van der Waals surface area contributed by atoms with E-state index in [9.17, 15) is 4.79 Å². The molecule has 1 aliphatic rings. The predicted octanol–water partition coefficient (Wildman–Crippen LogP) is 3.93. The van der Waals surface area contributed by atoms with Crippen LogP contribution in [0.3, 0.4) is 0 Å². The topological polar surface area (TPSA) is 77.1 Å². The molecule has 0 amide bonds. The maximum atomic E-state index is 12.8. The number of carbonyl (C=O) groups is 1. The normalized spacial score (nSPS) is 15.1. The van der Waals surface area contributed by atoms with E-state index in [1.807, 2.05) is 26.0 Å². The number of aryl methyl sites for hydroxylation is 1. The number of H-pyrrole nitrogens is 1. The molecule has 4 rings (SSSR count). The molecule has 6 nitrogen and oxygen atoms in total. The van der Waals surface area contributed by atoms with Gasteiger partial charge in [0.1, 0.15) is 5.52 Å². The minimum absolute atomic E-state index is 0.138. The highest BCUT2D eigenvalue weighted by Gasteiger charge is 2.45. The molecular weight excluding hydrogens is 330 g/mol. The van der Waals surface area contributed by atoms with Crippen molar-refractivity contribution in [3.05, 3.63) is 35.7 Å². The number of fused-ring (bicyclic) bond motifs is 1. The summed E-state index contributed by atoms with van der Waals surface area (Å²) < 4.78 is 10.8. The van der Waals surface area contributed by atoms with Gasteiger partial charge >= 0.3 is 0 Å². The van der Waals surface area contributed by atoms with Crippen molar-refractivity contribution in [2.75, 3.05) is 14.2 Å². The molecule has 0 atom stereocenters. The summed E-state index contributed by atoms with van der Waals surface area (Å²) in [7, 11) is 3.22. The van der Waals surface area contributed by atoms with Gasteiger partial charge in [-0.1, -0.05) is 6.92 Å². The largest absolute Gasteiger partial charge is 0.493 e. The lowest BCUT2D eigenvalue weighted by molar-refractivity contribution is 0.0914. The molecule has 0 spiro atoms. The number of nitrogens with zero attached hydrogens (tertiary/aromatic N) is 2. The molecular formula is C20H21N3O3. The number of hydrogen-bond acceptors (Lipinski definition) is 5. The van der Waals surface area contributed by atoms with Crippen LogP contribution in [0.25, 0.3) is 22.4 Å². The zero-order chi connectivity index (χ0) is 18.5. The Labute approximate surface area is 151 Å². The Bertz CT molecular complexity index is 1020. The Morgan fingerprint density at radius 2 is 2.00 bits per heavy atom. The average molecular weight is 351 g/mol. The number of Topliss-reactive ketones (excluding diaryl/α,β-unsaturated/α-hetero) is 1. The van der Waals surface area contributed by atoms with Gasteiger partial charge in [-0.25, -0.2) is 9.97 Å². The standard InChI is InChI=1S/C20H21N3O3/c1-11-7-12(8-15(25-3)17(11)26-4)14-10-22-19-16(23-14)13(9-21-19)18(24)20(2)5-6-20/h7-10H,5-6H2,1-4H3,(H,21,22). The first-order valence-electron chi connectivity index (χ1n) is 8.59. The molecule has 6 heteroatoms. The highest BCUT2D eigenvalue weighted by atomic mass is 16.5. The van der Waals surface area contributed by atoms with Crippen molar-refractivity contribution in [3.63, 3.8) is 0 Å². The van der Waals surface area contributed by atoms with E-state index in [1.54, 1.807) is 26.6 Å². The number of carbonyl (C=O) groups excluding carboxylic acids is 1. The predicted molar refractivity (Wildman–Crippen MR) is 98.8 cm³/mol. The van der Waals surface area contributed by atoms with Gasteiger partial charge < -0.3 is 14.5 Å². The third-order valence-electron chi connectivity index (χ3n) is 5.13. The summed E-state index contributed by atoms with van der Waals surface area (Å²) in [6.07, 6.45) is 5.29. The first-order valence-corrected chi connectivity index (χ1v) is 8.59. The first-order chi connectivity index (χ1) is 12.5. The van der Waals surface area contributed by atoms with Crippen molar-refractivity contribution in [1.29, 1.82) is 0 Å². The second-order valence-corrected chi connectivity index (χ2v) is 7.07. The van der Waals surface area contributed by atoms with Gasteiger partial charge in [0.15, 0.2) is 22.9 Å². The SMILES string of the molecule is COc1cc(-c2cnc3[nH]cc(C(=O)C4(C)CC4)c3n2)cc(C)c1OC. The summed E-state index contributed by atoms with van der Waals surface area (Å²) in [6.45, 7) is 3.96. The zero-order valence-electron chi connectivity index (χ0n) is 15.3. The highest BCUT2D eigenvalue weighted by molar-refractivity contribution is 6.09. The van der Waals surface area contributed by atoms with Crippen molar-refractivity contribution < 1.29 is 14.3 Å². The zero-order valence-corrected chi connectivity index (χ0v) is 15.3. The Balaban J connectivity index is 1.83. The molecule has 0 aliphatic heterocycles. The van der Waals surface area contributed by atoms with Crippen LogP contribution in [0.4, 0.5) is 0 Å². The fourth-order valence-electron chi connectivity index (χ4n) is 3.25. The summed E-state index contributed by atoms with van der Waals surface area (Å²) >= 11 is 0. The average Bonchev–Trinajstić information content (AvgIpc) is 3.26. The molecule has 0 radical (unpaired) electrons. The van der Waals surface area contributed by atoms with Crippen LogP contribution in [0.2, 0.25) is 0 Å². The Kier molecular flexibility index (Phi) is 3.72. The number of rotatable bonds is 5. The summed E-state index contributed by atoms with van der Waals surface area (Å²) in [6, 6.07) is 3.85.